The predicted octanol–water partition coefficient (Wildman–Crippen LogP) is 1.91. The summed E-state index contributed by atoms with van der Waals surface area (Å²) in [5, 5.41) is 6.39. The van der Waals surface area contributed by atoms with Gasteiger partial charge in [0.2, 0.25) is 0 Å². The summed E-state index contributed by atoms with van der Waals surface area (Å²) in [4.78, 5) is 0. The highest BCUT2D eigenvalue weighted by Gasteiger charge is 2.33. The maximum Gasteiger partial charge on any atom is 0.506 e. The van der Waals surface area contributed by atoms with Crippen molar-refractivity contribution in [3.8, 4) is 0 Å². The summed E-state index contributed by atoms with van der Waals surface area (Å²) >= 11 is 0. The first-order valence-corrected chi connectivity index (χ1v) is 3.47. The molecular formula is C7H4F3N3. The average molecular weight is 187 g/mol. The van der Waals surface area contributed by atoms with E-state index in [1.165, 1.54) is 18.2 Å². The fourth-order valence-electron chi connectivity index (χ4n) is 1.06. The number of alkyl halides is 3. The van der Waals surface area contributed by atoms with Crippen molar-refractivity contribution >= 4 is 11.0 Å². The van der Waals surface area contributed by atoms with Gasteiger partial charge < -0.3 is 0 Å². The van der Waals surface area contributed by atoms with Crippen LogP contribution in [0.5, 0.6) is 0 Å². The zero-order valence-corrected chi connectivity index (χ0v) is 6.28. The van der Waals surface area contributed by atoms with Crippen LogP contribution in [0.4, 0.5) is 13.2 Å². The monoisotopic (exact) mass is 187 g/mol. The summed E-state index contributed by atoms with van der Waals surface area (Å²) in [6.07, 6.45) is -4.50. The van der Waals surface area contributed by atoms with Gasteiger partial charge in [0.05, 0.1) is 5.52 Å². The fourth-order valence-corrected chi connectivity index (χ4v) is 1.06. The molecule has 0 N–H and O–H groups in total. The van der Waals surface area contributed by atoms with E-state index in [-0.39, 0.29) is 15.7 Å². The molecule has 6 heteroatoms. The zero-order valence-electron chi connectivity index (χ0n) is 6.28. The van der Waals surface area contributed by atoms with Crippen LogP contribution >= 0.6 is 0 Å². The zero-order chi connectivity index (χ0) is 9.47. The molecule has 0 radical (unpaired) electrons. The Hall–Kier alpha value is -1.59. The molecule has 0 bridgehead atoms. The third-order valence-electron chi connectivity index (χ3n) is 1.59. The predicted molar refractivity (Wildman–Crippen MR) is 38.8 cm³/mol. The Labute approximate surface area is 70.8 Å². The SMILES string of the molecule is FC(F)(F)n1nnc2ccccc21. The lowest BCUT2D eigenvalue weighted by Gasteiger charge is -2.04. The highest BCUT2D eigenvalue weighted by Crippen LogP contribution is 2.24. The molecule has 2 rings (SSSR count). The molecule has 2 aromatic rings. The van der Waals surface area contributed by atoms with Crippen molar-refractivity contribution in [1.29, 1.82) is 0 Å². The molecule has 3 nitrogen and oxygen atoms in total. The van der Waals surface area contributed by atoms with Crippen LogP contribution in [0.15, 0.2) is 24.3 Å². The second-order valence-corrected chi connectivity index (χ2v) is 2.46. The molecule has 0 fully saturated rings. The Balaban J connectivity index is 2.72. The quantitative estimate of drug-likeness (QED) is 0.630. The largest absolute Gasteiger partial charge is 0.506 e. The van der Waals surface area contributed by atoms with Crippen LogP contribution in [0.2, 0.25) is 0 Å². The van der Waals surface area contributed by atoms with Crippen LogP contribution < -0.4 is 0 Å². The third kappa shape index (κ3) is 1.24. The summed E-state index contributed by atoms with van der Waals surface area (Å²) < 4.78 is 36.6. The van der Waals surface area contributed by atoms with Crippen molar-refractivity contribution in [1.82, 2.24) is 15.0 Å². The van der Waals surface area contributed by atoms with Gasteiger partial charge in [-0.2, -0.15) is 4.68 Å². The highest BCUT2D eigenvalue weighted by molar-refractivity contribution is 5.73. The van der Waals surface area contributed by atoms with Crippen molar-refractivity contribution in [3.63, 3.8) is 0 Å². The standard InChI is InChI=1S/C7H4F3N3/c8-7(9,10)13-6-4-2-1-3-5(6)11-12-13/h1-4H. The first kappa shape index (κ1) is 8.03. The van der Waals surface area contributed by atoms with Gasteiger partial charge in [-0.3, -0.25) is 0 Å². The van der Waals surface area contributed by atoms with E-state index in [1.54, 1.807) is 6.07 Å². The number of para-hydroxylation sites is 1. The molecule has 0 saturated heterocycles. The van der Waals surface area contributed by atoms with E-state index < -0.39 is 6.30 Å². The smallest absolute Gasteiger partial charge is 0.150 e. The fraction of sp³-hybridized carbons (Fsp3) is 0.143. The molecule has 0 aliphatic carbocycles. The number of benzene rings is 1. The first-order chi connectivity index (χ1) is 6.09. The lowest BCUT2D eigenvalue weighted by Crippen LogP contribution is -2.17. The van der Waals surface area contributed by atoms with Gasteiger partial charge in [0.1, 0.15) is 5.52 Å². The molecule has 0 atom stereocenters. The van der Waals surface area contributed by atoms with Gasteiger partial charge >= 0.3 is 6.30 Å². The van der Waals surface area contributed by atoms with Crippen LogP contribution in [0.1, 0.15) is 0 Å². The van der Waals surface area contributed by atoms with E-state index in [0.717, 1.165) is 0 Å². The molecule has 0 amide bonds. The molecule has 0 unspecified atom stereocenters. The van der Waals surface area contributed by atoms with Crippen molar-refractivity contribution in [2.75, 3.05) is 0 Å². The second kappa shape index (κ2) is 2.45. The summed E-state index contributed by atoms with van der Waals surface area (Å²) in [7, 11) is 0. The molecule has 0 saturated carbocycles. The van der Waals surface area contributed by atoms with Gasteiger partial charge in [-0.1, -0.05) is 17.3 Å². The summed E-state index contributed by atoms with van der Waals surface area (Å²) in [5.41, 5.74) is 0.204. The van der Waals surface area contributed by atoms with Crippen molar-refractivity contribution in [3.05, 3.63) is 24.3 Å². The molecule has 0 spiro atoms. The lowest BCUT2D eigenvalue weighted by atomic mass is 10.3. The van der Waals surface area contributed by atoms with Crippen LogP contribution in [-0.4, -0.2) is 15.0 Å². The summed E-state index contributed by atoms with van der Waals surface area (Å²) in [6.45, 7) is 0. The lowest BCUT2D eigenvalue weighted by molar-refractivity contribution is -0.210. The molecule has 0 aliphatic rings. The topological polar surface area (TPSA) is 30.7 Å². The molecule has 1 aromatic carbocycles. The first-order valence-electron chi connectivity index (χ1n) is 3.47. The Morgan fingerprint density at radius 2 is 1.85 bits per heavy atom. The van der Waals surface area contributed by atoms with E-state index in [1.807, 2.05) is 0 Å². The maximum atomic E-state index is 12.2. The Kier molecular flexibility index (Phi) is 1.51. The normalized spacial score (nSPS) is 12.2. The molecule has 68 valence electrons. The Morgan fingerprint density at radius 3 is 2.54 bits per heavy atom. The van der Waals surface area contributed by atoms with E-state index in [0.29, 0.717) is 0 Å². The minimum Gasteiger partial charge on any atom is -0.150 e. The van der Waals surface area contributed by atoms with Gasteiger partial charge in [0.15, 0.2) is 0 Å². The number of rotatable bonds is 0. The number of nitrogens with zero attached hydrogens (tertiary/aromatic N) is 3. The number of hydrogen-bond donors (Lipinski definition) is 0. The minimum absolute atomic E-state index is 0.0324. The van der Waals surface area contributed by atoms with Gasteiger partial charge in [0, 0.05) is 0 Å². The maximum absolute atomic E-state index is 12.2. The van der Waals surface area contributed by atoms with Gasteiger partial charge in [-0.25, -0.2) is 0 Å². The highest BCUT2D eigenvalue weighted by atomic mass is 19.4. The molecular weight excluding hydrogens is 183 g/mol. The van der Waals surface area contributed by atoms with Crippen LogP contribution in [0, 0.1) is 0 Å². The number of fused-ring (bicyclic) bond motifs is 1. The van der Waals surface area contributed by atoms with Crippen molar-refractivity contribution in [2.24, 2.45) is 0 Å². The van der Waals surface area contributed by atoms with E-state index in [2.05, 4.69) is 10.3 Å². The van der Waals surface area contributed by atoms with Crippen LogP contribution in [-0.2, 0) is 6.30 Å². The van der Waals surface area contributed by atoms with Gasteiger partial charge in [0.25, 0.3) is 0 Å². The number of aromatic nitrogens is 3. The van der Waals surface area contributed by atoms with Gasteiger partial charge in [-0.05, 0) is 12.1 Å². The molecule has 13 heavy (non-hydrogen) atoms. The summed E-state index contributed by atoms with van der Waals surface area (Å²) in [6, 6.07) is 5.92. The summed E-state index contributed by atoms with van der Waals surface area (Å²) in [5.74, 6) is 0. The number of hydrogen-bond acceptors (Lipinski definition) is 2. The molecule has 1 heterocycles. The van der Waals surface area contributed by atoms with Gasteiger partial charge in [-0.15, -0.1) is 18.3 Å². The number of halogens is 3. The third-order valence-corrected chi connectivity index (χ3v) is 1.59. The van der Waals surface area contributed by atoms with Crippen molar-refractivity contribution in [2.45, 2.75) is 6.30 Å². The van der Waals surface area contributed by atoms with Crippen molar-refractivity contribution < 1.29 is 13.2 Å². The van der Waals surface area contributed by atoms with E-state index in [4.69, 9.17) is 0 Å². The van der Waals surface area contributed by atoms with Crippen LogP contribution in [0.25, 0.3) is 11.0 Å². The second-order valence-electron chi connectivity index (χ2n) is 2.46. The molecule has 0 aliphatic heterocycles. The van der Waals surface area contributed by atoms with E-state index >= 15 is 0 Å². The minimum atomic E-state index is -4.50. The molecule has 1 aromatic heterocycles. The van der Waals surface area contributed by atoms with Crippen LogP contribution in [0.3, 0.4) is 0 Å². The van der Waals surface area contributed by atoms with E-state index in [9.17, 15) is 13.2 Å². The Bertz CT molecular complexity index is 432. The average Bonchev–Trinajstić information content (AvgIpc) is 2.45. The Morgan fingerprint density at radius 1 is 1.15 bits per heavy atom.